The van der Waals surface area contributed by atoms with Crippen molar-refractivity contribution in [2.45, 2.75) is 20.4 Å². The van der Waals surface area contributed by atoms with Crippen LogP contribution in [0.15, 0.2) is 36.4 Å². The maximum Gasteiger partial charge on any atom is 0.126 e. The number of benzene rings is 2. The molecule has 2 N–H and O–H groups in total. The van der Waals surface area contributed by atoms with Crippen molar-refractivity contribution >= 4 is 16.7 Å². The number of nitrogens with one attached hydrogen (secondary N) is 2. The molecule has 0 bridgehead atoms. The van der Waals surface area contributed by atoms with Gasteiger partial charge in [-0.2, -0.15) is 0 Å². The van der Waals surface area contributed by atoms with E-state index in [4.69, 9.17) is 0 Å². The molecule has 0 saturated heterocycles. The Hall–Kier alpha value is -2.36. The number of aromatic nitrogens is 2. The molecule has 0 aliphatic heterocycles. The van der Waals surface area contributed by atoms with E-state index in [1.807, 2.05) is 31.2 Å². The van der Waals surface area contributed by atoms with Gasteiger partial charge < -0.3 is 10.3 Å². The average molecular weight is 269 g/mol. The number of nitrogens with zero attached hydrogens (tertiary/aromatic N) is 1. The molecule has 0 radical (unpaired) electrons. The van der Waals surface area contributed by atoms with E-state index in [0.29, 0.717) is 12.1 Å². The summed E-state index contributed by atoms with van der Waals surface area (Å²) in [7, 11) is 0. The quantitative estimate of drug-likeness (QED) is 0.756. The van der Waals surface area contributed by atoms with Crippen LogP contribution in [-0.4, -0.2) is 9.97 Å². The van der Waals surface area contributed by atoms with Gasteiger partial charge in [0.05, 0.1) is 11.0 Å². The topological polar surface area (TPSA) is 40.7 Å². The minimum Gasteiger partial charge on any atom is -0.381 e. The Morgan fingerprint density at radius 1 is 1.15 bits per heavy atom. The highest BCUT2D eigenvalue weighted by atomic mass is 19.1. The Morgan fingerprint density at radius 2 is 2.00 bits per heavy atom. The van der Waals surface area contributed by atoms with E-state index >= 15 is 0 Å². The molecule has 102 valence electrons. The molecule has 1 heterocycles. The van der Waals surface area contributed by atoms with Crippen LogP contribution in [0.5, 0.6) is 0 Å². The maximum absolute atomic E-state index is 13.5. The van der Waals surface area contributed by atoms with E-state index in [0.717, 1.165) is 28.1 Å². The number of H-pyrrole nitrogens is 1. The van der Waals surface area contributed by atoms with Crippen molar-refractivity contribution in [3.8, 4) is 0 Å². The van der Waals surface area contributed by atoms with Gasteiger partial charge in [-0.1, -0.05) is 12.1 Å². The van der Waals surface area contributed by atoms with E-state index in [1.165, 1.54) is 0 Å². The Kier molecular flexibility index (Phi) is 3.14. The zero-order valence-electron chi connectivity index (χ0n) is 11.5. The van der Waals surface area contributed by atoms with Gasteiger partial charge in [0.15, 0.2) is 0 Å². The summed E-state index contributed by atoms with van der Waals surface area (Å²) in [5.41, 5.74) is 4.54. The van der Waals surface area contributed by atoms with E-state index < -0.39 is 0 Å². The van der Waals surface area contributed by atoms with Crippen molar-refractivity contribution in [1.29, 1.82) is 0 Å². The van der Waals surface area contributed by atoms with Crippen LogP contribution >= 0.6 is 0 Å². The zero-order valence-corrected chi connectivity index (χ0v) is 11.5. The first-order chi connectivity index (χ1) is 9.61. The van der Waals surface area contributed by atoms with Crippen LogP contribution in [-0.2, 0) is 6.54 Å². The third-order valence-electron chi connectivity index (χ3n) is 3.33. The molecule has 0 unspecified atom stereocenters. The molecule has 3 aromatic rings. The van der Waals surface area contributed by atoms with E-state index in [9.17, 15) is 4.39 Å². The summed E-state index contributed by atoms with van der Waals surface area (Å²) in [6.07, 6.45) is 0. The predicted octanol–water partition coefficient (Wildman–Crippen LogP) is 3.93. The Labute approximate surface area is 116 Å². The van der Waals surface area contributed by atoms with E-state index in [-0.39, 0.29) is 5.82 Å². The summed E-state index contributed by atoms with van der Waals surface area (Å²) in [5, 5.41) is 3.29. The first-order valence-electron chi connectivity index (χ1n) is 6.57. The van der Waals surface area contributed by atoms with Gasteiger partial charge in [0.2, 0.25) is 0 Å². The van der Waals surface area contributed by atoms with Crippen molar-refractivity contribution in [1.82, 2.24) is 9.97 Å². The number of rotatable bonds is 3. The number of fused-ring (bicyclic) bond motifs is 1. The van der Waals surface area contributed by atoms with Crippen molar-refractivity contribution in [2.24, 2.45) is 0 Å². The summed E-state index contributed by atoms with van der Waals surface area (Å²) in [5.74, 6) is 0.738. The third-order valence-corrected chi connectivity index (χ3v) is 3.33. The molecule has 0 spiro atoms. The van der Waals surface area contributed by atoms with Crippen molar-refractivity contribution < 1.29 is 4.39 Å². The van der Waals surface area contributed by atoms with Crippen LogP contribution in [0.1, 0.15) is 17.0 Å². The number of hydrogen-bond acceptors (Lipinski definition) is 2. The van der Waals surface area contributed by atoms with Crippen LogP contribution in [0.4, 0.5) is 10.1 Å². The number of aryl methyl sites for hydroxylation is 2. The van der Waals surface area contributed by atoms with E-state index in [1.54, 1.807) is 19.1 Å². The SMILES string of the molecule is Cc1nc2ccc(NCc3ccc(C)c(F)c3)cc2[nH]1. The van der Waals surface area contributed by atoms with E-state index in [2.05, 4.69) is 15.3 Å². The fourth-order valence-corrected chi connectivity index (χ4v) is 2.20. The summed E-state index contributed by atoms with van der Waals surface area (Å²) in [6.45, 7) is 4.29. The van der Waals surface area contributed by atoms with Crippen LogP contribution in [0.25, 0.3) is 11.0 Å². The van der Waals surface area contributed by atoms with Gasteiger partial charge in [-0.15, -0.1) is 0 Å². The highest BCUT2D eigenvalue weighted by molar-refractivity contribution is 5.79. The largest absolute Gasteiger partial charge is 0.381 e. The van der Waals surface area contributed by atoms with Crippen LogP contribution in [0.3, 0.4) is 0 Å². The number of imidazole rings is 1. The average Bonchev–Trinajstić information content (AvgIpc) is 2.79. The van der Waals surface area contributed by atoms with Gasteiger partial charge >= 0.3 is 0 Å². The molecule has 3 nitrogen and oxygen atoms in total. The number of aromatic amines is 1. The number of hydrogen-bond donors (Lipinski definition) is 2. The van der Waals surface area contributed by atoms with Gasteiger partial charge in [0.1, 0.15) is 11.6 Å². The van der Waals surface area contributed by atoms with Gasteiger partial charge in [0.25, 0.3) is 0 Å². The van der Waals surface area contributed by atoms with Crippen molar-refractivity contribution in [3.63, 3.8) is 0 Å². The Morgan fingerprint density at radius 3 is 2.80 bits per heavy atom. The smallest absolute Gasteiger partial charge is 0.126 e. The summed E-state index contributed by atoms with van der Waals surface area (Å²) >= 11 is 0. The fraction of sp³-hybridized carbons (Fsp3) is 0.188. The minimum atomic E-state index is -0.163. The molecule has 0 saturated carbocycles. The monoisotopic (exact) mass is 269 g/mol. The Bertz CT molecular complexity index is 762. The second kappa shape index (κ2) is 4.96. The number of halogens is 1. The molecular formula is C16H16FN3. The number of anilines is 1. The summed E-state index contributed by atoms with van der Waals surface area (Å²) in [6, 6.07) is 11.3. The first kappa shape index (κ1) is 12.7. The second-order valence-corrected chi connectivity index (χ2v) is 4.99. The molecule has 3 rings (SSSR count). The lowest BCUT2D eigenvalue weighted by Gasteiger charge is -2.07. The van der Waals surface area contributed by atoms with Crippen LogP contribution in [0.2, 0.25) is 0 Å². The third kappa shape index (κ3) is 2.50. The standard InChI is InChI=1S/C16H16FN3/c1-10-3-4-12(7-14(10)17)9-18-13-5-6-15-16(8-13)20-11(2)19-15/h3-8,18H,9H2,1-2H3,(H,19,20). The van der Waals surface area contributed by atoms with Gasteiger partial charge in [-0.05, 0) is 49.2 Å². The molecule has 0 atom stereocenters. The molecule has 20 heavy (non-hydrogen) atoms. The summed E-state index contributed by atoms with van der Waals surface area (Å²) < 4.78 is 13.5. The maximum atomic E-state index is 13.5. The van der Waals surface area contributed by atoms with Gasteiger partial charge in [-0.3, -0.25) is 0 Å². The van der Waals surface area contributed by atoms with Gasteiger partial charge in [0, 0.05) is 12.2 Å². The molecule has 4 heteroatoms. The highest BCUT2D eigenvalue weighted by Gasteiger charge is 2.02. The molecule has 0 aliphatic rings. The lowest BCUT2D eigenvalue weighted by atomic mass is 10.1. The molecule has 2 aromatic carbocycles. The predicted molar refractivity (Wildman–Crippen MR) is 79.3 cm³/mol. The zero-order chi connectivity index (χ0) is 14.1. The molecule has 1 aromatic heterocycles. The van der Waals surface area contributed by atoms with Crippen molar-refractivity contribution in [3.05, 3.63) is 59.2 Å². The molecule has 0 aliphatic carbocycles. The fourth-order valence-electron chi connectivity index (χ4n) is 2.20. The normalized spacial score (nSPS) is 10.9. The summed E-state index contributed by atoms with van der Waals surface area (Å²) in [4.78, 5) is 7.56. The van der Waals surface area contributed by atoms with Crippen LogP contribution in [0, 0.1) is 19.7 Å². The molecule has 0 fully saturated rings. The lowest BCUT2D eigenvalue weighted by Crippen LogP contribution is -2.00. The minimum absolute atomic E-state index is 0.163. The first-order valence-corrected chi connectivity index (χ1v) is 6.57. The second-order valence-electron chi connectivity index (χ2n) is 4.99. The van der Waals surface area contributed by atoms with Crippen molar-refractivity contribution in [2.75, 3.05) is 5.32 Å². The van der Waals surface area contributed by atoms with Crippen LogP contribution < -0.4 is 5.32 Å². The highest BCUT2D eigenvalue weighted by Crippen LogP contribution is 2.18. The lowest BCUT2D eigenvalue weighted by molar-refractivity contribution is 0.616. The van der Waals surface area contributed by atoms with Gasteiger partial charge in [-0.25, -0.2) is 9.37 Å². The molecule has 0 amide bonds. The molecular weight excluding hydrogens is 253 g/mol. The Balaban J connectivity index is 1.77.